The molecule has 1 aliphatic rings. The lowest BCUT2D eigenvalue weighted by Crippen LogP contribution is -2.29. The number of benzene rings is 1. The summed E-state index contributed by atoms with van der Waals surface area (Å²) in [6.07, 6.45) is 3.99. The van der Waals surface area contributed by atoms with Gasteiger partial charge in [0.25, 0.3) is 0 Å². The van der Waals surface area contributed by atoms with E-state index in [0.717, 1.165) is 23.0 Å². The van der Waals surface area contributed by atoms with E-state index in [4.69, 9.17) is 0 Å². The zero-order chi connectivity index (χ0) is 13.7. The number of halogens is 2. The fraction of sp³-hybridized carbons (Fsp3) is 0.533. The molecule has 1 aromatic rings. The van der Waals surface area contributed by atoms with Crippen LogP contribution in [0.15, 0.2) is 28.7 Å². The third-order valence-corrected chi connectivity index (χ3v) is 4.16. The van der Waals surface area contributed by atoms with Crippen molar-refractivity contribution >= 4 is 34.2 Å². The summed E-state index contributed by atoms with van der Waals surface area (Å²) in [6, 6.07) is 8.67. The lowest BCUT2D eigenvalue weighted by Gasteiger charge is -2.15. The lowest BCUT2D eigenvalue weighted by atomic mass is 10.1. The molecule has 5 heteroatoms. The van der Waals surface area contributed by atoms with Crippen LogP contribution in [0.1, 0.15) is 44.2 Å². The Morgan fingerprint density at radius 1 is 1.45 bits per heavy atom. The van der Waals surface area contributed by atoms with Crippen LogP contribution in [0.3, 0.4) is 0 Å². The molecule has 20 heavy (non-hydrogen) atoms. The SMILES string of the molecule is CC(NC(=O)CCC1CCCN1)c1ccc(Br)cc1.Cl. The van der Waals surface area contributed by atoms with Crippen molar-refractivity contribution in [1.29, 1.82) is 0 Å². The molecule has 1 saturated heterocycles. The number of carbonyl (C=O) groups excluding carboxylic acids is 1. The second kappa shape index (κ2) is 8.65. The molecular weight excluding hydrogens is 340 g/mol. The highest BCUT2D eigenvalue weighted by Gasteiger charge is 2.16. The average molecular weight is 362 g/mol. The normalized spacial score (nSPS) is 19.2. The van der Waals surface area contributed by atoms with E-state index in [0.29, 0.717) is 12.5 Å². The molecule has 3 nitrogen and oxygen atoms in total. The van der Waals surface area contributed by atoms with Crippen molar-refractivity contribution in [3.63, 3.8) is 0 Å². The quantitative estimate of drug-likeness (QED) is 0.841. The third-order valence-electron chi connectivity index (χ3n) is 3.63. The zero-order valence-electron chi connectivity index (χ0n) is 11.7. The molecule has 0 aliphatic carbocycles. The standard InChI is InChI=1S/C15H21BrN2O.ClH/c1-11(12-4-6-13(16)7-5-12)18-15(19)9-8-14-3-2-10-17-14;/h4-7,11,14,17H,2-3,8-10H2,1H3,(H,18,19);1H. The zero-order valence-corrected chi connectivity index (χ0v) is 14.1. The van der Waals surface area contributed by atoms with Crippen LogP contribution in [0.2, 0.25) is 0 Å². The second-order valence-electron chi connectivity index (χ2n) is 5.17. The van der Waals surface area contributed by atoms with E-state index >= 15 is 0 Å². The van der Waals surface area contributed by atoms with Gasteiger partial charge in [-0.1, -0.05) is 28.1 Å². The molecule has 1 fully saturated rings. The minimum atomic E-state index is 0. The first-order valence-corrected chi connectivity index (χ1v) is 7.72. The fourth-order valence-electron chi connectivity index (χ4n) is 2.46. The maximum absolute atomic E-state index is 11.9. The Bertz CT molecular complexity index is 418. The maximum Gasteiger partial charge on any atom is 0.220 e. The summed E-state index contributed by atoms with van der Waals surface area (Å²) in [4.78, 5) is 11.9. The van der Waals surface area contributed by atoms with Crippen LogP contribution < -0.4 is 10.6 Å². The highest BCUT2D eigenvalue weighted by atomic mass is 79.9. The van der Waals surface area contributed by atoms with Gasteiger partial charge in [-0.15, -0.1) is 12.4 Å². The molecule has 2 atom stereocenters. The van der Waals surface area contributed by atoms with Crippen LogP contribution in [-0.2, 0) is 4.79 Å². The Balaban J connectivity index is 0.00000200. The molecule has 2 N–H and O–H groups in total. The molecule has 0 bridgehead atoms. The predicted molar refractivity (Wildman–Crippen MR) is 88.2 cm³/mol. The number of hydrogen-bond acceptors (Lipinski definition) is 2. The first-order chi connectivity index (χ1) is 9.15. The van der Waals surface area contributed by atoms with Gasteiger partial charge in [-0.25, -0.2) is 0 Å². The van der Waals surface area contributed by atoms with Crippen LogP contribution in [0.5, 0.6) is 0 Å². The molecule has 112 valence electrons. The topological polar surface area (TPSA) is 41.1 Å². The third kappa shape index (κ3) is 5.43. The van der Waals surface area contributed by atoms with Crippen molar-refractivity contribution in [3.05, 3.63) is 34.3 Å². The van der Waals surface area contributed by atoms with E-state index < -0.39 is 0 Å². The highest BCUT2D eigenvalue weighted by molar-refractivity contribution is 9.10. The molecule has 0 aromatic heterocycles. The first-order valence-electron chi connectivity index (χ1n) is 6.93. The number of amides is 1. The molecule has 1 aromatic carbocycles. The van der Waals surface area contributed by atoms with Gasteiger partial charge >= 0.3 is 0 Å². The summed E-state index contributed by atoms with van der Waals surface area (Å²) in [6.45, 7) is 3.12. The summed E-state index contributed by atoms with van der Waals surface area (Å²) in [5.74, 6) is 0.143. The molecule has 1 heterocycles. The Morgan fingerprint density at radius 2 is 2.15 bits per heavy atom. The largest absolute Gasteiger partial charge is 0.350 e. The van der Waals surface area contributed by atoms with Crippen molar-refractivity contribution in [3.8, 4) is 0 Å². The van der Waals surface area contributed by atoms with E-state index in [-0.39, 0.29) is 24.4 Å². The Kier molecular flexibility index (Phi) is 7.56. The van der Waals surface area contributed by atoms with E-state index in [1.807, 2.05) is 31.2 Å². The smallest absolute Gasteiger partial charge is 0.220 e. The van der Waals surface area contributed by atoms with Gasteiger partial charge in [-0.05, 0) is 50.4 Å². The minimum Gasteiger partial charge on any atom is -0.350 e. The van der Waals surface area contributed by atoms with Gasteiger partial charge in [-0.2, -0.15) is 0 Å². The van der Waals surface area contributed by atoms with E-state index in [9.17, 15) is 4.79 Å². The Morgan fingerprint density at radius 3 is 2.75 bits per heavy atom. The van der Waals surface area contributed by atoms with Crippen molar-refractivity contribution in [2.45, 2.75) is 44.7 Å². The van der Waals surface area contributed by atoms with Gasteiger partial charge in [0.15, 0.2) is 0 Å². The van der Waals surface area contributed by atoms with Gasteiger partial charge in [0.2, 0.25) is 5.91 Å². The Hall–Kier alpha value is -0.580. The fourth-order valence-corrected chi connectivity index (χ4v) is 2.72. The number of hydrogen-bond donors (Lipinski definition) is 2. The number of rotatable bonds is 5. The van der Waals surface area contributed by atoms with Crippen molar-refractivity contribution in [2.24, 2.45) is 0 Å². The van der Waals surface area contributed by atoms with E-state index in [1.54, 1.807) is 0 Å². The second-order valence-corrected chi connectivity index (χ2v) is 6.09. The predicted octanol–water partition coefficient (Wildman–Crippen LogP) is 3.58. The molecule has 0 spiro atoms. The molecule has 1 amide bonds. The van der Waals surface area contributed by atoms with Crippen molar-refractivity contribution < 1.29 is 4.79 Å². The Labute approximate surface area is 135 Å². The van der Waals surface area contributed by atoms with Gasteiger partial charge in [-0.3, -0.25) is 4.79 Å². The molecular formula is C15H22BrClN2O. The summed E-state index contributed by atoms with van der Waals surface area (Å²) in [5, 5.41) is 6.48. The summed E-state index contributed by atoms with van der Waals surface area (Å²) < 4.78 is 1.06. The van der Waals surface area contributed by atoms with Gasteiger partial charge in [0.1, 0.15) is 0 Å². The molecule has 1 aliphatic heterocycles. The van der Waals surface area contributed by atoms with Crippen LogP contribution >= 0.6 is 28.3 Å². The number of carbonyl (C=O) groups is 1. The van der Waals surface area contributed by atoms with Crippen molar-refractivity contribution in [1.82, 2.24) is 10.6 Å². The summed E-state index contributed by atoms with van der Waals surface area (Å²) in [5.41, 5.74) is 1.13. The summed E-state index contributed by atoms with van der Waals surface area (Å²) >= 11 is 3.41. The van der Waals surface area contributed by atoms with E-state index in [1.165, 1.54) is 12.8 Å². The molecule has 0 radical (unpaired) electrons. The average Bonchev–Trinajstić information content (AvgIpc) is 2.90. The van der Waals surface area contributed by atoms with Crippen LogP contribution in [0.25, 0.3) is 0 Å². The monoisotopic (exact) mass is 360 g/mol. The van der Waals surface area contributed by atoms with Crippen LogP contribution in [0.4, 0.5) is 0 Å². The lowest BCUT2D eigenvalue weighted by molar-refractivity contribution is -0.121. The van der Waals surface area contributed by atoms with E-state index in [2.05, 4.69) is 26.6 Å². The van der Waals surface area contributed by atoms with Gasteiger partial charge in [0, 0.05) is 16.9 Å². The molecule has 0 saturated carbocycles. The van der Waals surface area contributed by atoms with Crippen LogP contribution in [-0.4, -0.2) is 18.5 Å². The minimum absolute atomic E-state index is 0. The molecule has 2 rings (SSSR count). The maximum atomic E-state index is 11.9. The van der Waals surface area contributed by atoms with Gasteiger partial charge < -0.3 is 10.6 Å². The number of nitrogens with one attached hydrogen (secondary N) is 2. The molecule has 2 unspecified atom stereocenters. The highest BCUT2D eigenvalue weighted by Crippen LogP contribution is 2.17. The van der Waals surface area contributed by atoms with Crippen LogP contribution in [0, 0.1) is 0 Å². The first kappa shape index (κ1) is 17.5. The van der Waals surface area contributed by atoms with Crippen molar-refractivity contribution in [2.75, 3.05) is 6.54 Å². The summed E-state index contributed by atoms with van der Waals surface area (Å²) in [7, 11) is 0. The van der Waals surface area contributed by atoms with Gasteiger partial charge in [0.05, 0.1) is 6.04 Å².